The van der Waals surface area contributed by atoms with Crippen LogP contribution in [-0.2, 0) is 11.3 Å². The molecule has 1 atom stereocenters. The Labute approximate surface area is 110 Å². The molecule has 0 aromatic heterocycles. The van der Waals surface area contributed by atoms with E-state index in [9.17, 15) is 18.3 Å². The number of phenols is 1. The van der Waals surface area contributed by atoms with Gasteiger partial charge in [0.1, 0.15) is 12.4 Å². The normalized spacial score (nSPS) is 13.5. The fourth-order valence-electron chi connectivity index (χ4n) is 1.68. The van der Waals surface area contributed by atoms with E-state index in [1.54, 1.807) is 6.07 Å². The highest BCUT2D eigenvalue weighted by Crippen LogP contribution is 2.32. The molecule has 3 N–H and O–H groups in total. The third-order valence-electron chi connectivity index (χ3n) is 2.96. The molecule has 0 saturated carbocycles. The molecule has 0 amide bonds. The second kappa shape index (κ2) is 6.14. The van der Waals surface area contributed by atoms with E-state index in [0.717, 1.165) is 6.42 Å². The van der Waals surface area contributed by atoms with Crippen molar-refractivity contribution in [2.45, 2.75) is 39.0 Å². The molecule has 0 aliphatic heterocycles. The third kappa shape index (κ3) is 4.63. The number of phenolic OH excluding ortho intramolecular Hbond substituents is 1. The summed E-state index contributed by atoms with van der Waals surface area (Å²) in [4.78, 5) is 0. The maximum absolute atomic E-state index is 12.0. The molecule has 3 nitrogen and oxygen atoms in total. The van der Waals surface area contributed by atoms with Crippen LogP contribution in [0.25, 0.3) is 0 Å². The van der Waals surface area contributed by atoms with Gasteiger partial charge in [0.05, 0.1) is 6.61 Å². The zero-order valence-corrected chi connectivity index (χ0v) is 10.9. The number of benzene rings is 1. The van der Waals surface area contributed by atoms with Gasteiger partial charge in [0.15, 0.2) is 0 Å². The van der Waals surface area contributed by atoms with E-state index in [2.05, 4.69) is 4.74 Å². The molecule has 0 bridgehead atoms. The molecule has 0 fully saturated rings. The molecule has 19 heavy (non-hydrogen) atoms. The first-order valence-electron chi connectivity index (χ1n) is 6.00. The number of halogens is 3. The number of hydrogen-bond acceptors (Lipinski definition) is 3. The summed E-state index contributed by atoms with van der Waals surface area (Å²) >= 11 is 0. The van der Waals surface area contributed by atoms with Crippen LogP contribution in [-0.4, -0.2) is 17.9 Å². The average Bonchev–Trinajstić information content (AvgIpc) is 2.29. The second-order valence-corrected chi connectivity index (χ2v) is 4.53. The maximum Gasteiger partial charge on any atom is 0.411 e. The predicted molar refractivity (Wildman–Crippen MR) is 66.9 cm³/mol. The first-order chi connectivity index (χ1) is 8.74. The van der Waals surface area contributed by atoms with Crippen molar-refractivity contribution in [3.63, 3.8) is 0 Å². The molecule has 0 spiro atoms. The summed E-state index contributed by atoms with van der Waals surface area (Å²) in [5.41, 5.74) is 7.01. The van der Waals surface area contributed by atoms with Gasteiger partial charge in [0.25, 0.3) is 0 Å². The van der Waals surface area contributed by atoms with E-state index < -0.39 is 12.8 Å². The molecule has 0 aliphatic rings. The van der Waals surface area contributed by atoms with Gasteiger partial charge >= 0.3 is 6.18 Å². The molecule has 1 aromatic rings. The molecule has 1 unspecified atom stereocenters. The lowest BCUT2D eigenvalue weighted by atomic mass is 9.95. The molecule has 6 heteroatoms. The van der Waals surface area contributed by atoms with Crippen molar-refractivity contribution in [3.8, 4) is 5.75 Å². The van der Waals surface area contributed by atoms with Crippen LogP contribution in [0.15, 0.2) is 12.1 Å². The molecule has 0 heterocycles. The van der Waals surface area contributed by atoms with E-state index in [1.807, 2.05) is 13.8 Å². The summed E-state index contributed by atoms with van der Waals surface area (Å²) in [7, 11) is 0. The van der Waals surface area contributed by atoms with E-state index in [-0.39, 0.29) is 24.0 Å². The number of aromatic hydroxyl groups is 1. The average molecular weight is 277 g/mol. The minimum atomic E-state index is -4.36. The number of ether oxygens (including phenoxy) is 1. The fraction of sp³-hybridized carbons (Fsp3) is 0.538. The Balaban J connectivity index is 2.83. The van der Waals surface area contributed by atoms with Crippen molar-refractivity contribution in [2.24, 2.45) is 0 Å². The Morgan fingerprint density at radius 3 is 2.53 bits per heavy atom. The van der Waals surface area contributed by atoms with Gasteiger partial charge in [-0.25, -0.2) is 0 Å². The highest BCUT2D eigenvalue weighted by Gasteiger charge is 2.27. The van der Waals surface area contributed by atoms with Crippen LogP contribution >= 0.6 is 0 Å². The monoisotopic (exact) mass is 277 g/mol. The van der Waals surface area contributed by atoms with Crippen molar-refractivity contribution in [1.82, 2.24) is 0 Å². The molecule has 0 aliphatic carbocycles. The van der Waals surface area contributed by atoms with Gasteiger partial charge in [-0.05, 0) is 24.0 Å². The van der Waals surface area contributed by atoms with Crippen LogP contribution in [0.3, 0.4) is 0 Å². The molecule has 1 aromatic carbocycles. The molecule has 1 rings (SSSR count). The van der Waals surface area contributed by atoms with Gasteiger partial charge in [-0.3, -0.25) is 0 Å². The zero-order valence-electron chi connectivity index (χ0n) is 10.9. The number of anilines is 1. The van der Waals surface area contributed by atoms with Crippen LogP contribution in [0.1, 0.15) is 37.3 Å². The van der Waals surface area contributed by atoms with Crippen molar-refractivity contribution in [1.29, 1.82) is 0 Å². The van der Waals surface area contributed by atoms with Crippen LogP contribution in [0.5, 0.6) is 5.75 Å². The van der Waals surface area contributed by atoms with E-state index in [4.69, 9.17) is 5.73 Å². The minimum absolute atomic E-state index is 0.0615. The van der Waals surface area contributed by atoms with Crippen LogP contribution in [0.4, 0.5) is 18.9 Å². The Kier molecular flexibility index (Phi) is 5.05. The first kappa shape index (κ1) is 15.6. The number of nitrogens with two attached hydrogens (primary N) is 1. The lowest BCUT2D eigenvalue weighted by Crippen LogP contribution is -2.17. The van der Waals surface area contributed by atoms with Gasteiger partial charge in [0, 0.05) is 17.3 Å². The number of alkyl halides is 3. The largest absolute Gasteiger partial charge is 0.508 e. The van der Waals surface area contributed by atoms with E-state index in [1.165, 1.54) is 6.07 Å². The Morgan fingerprint density at radius 2 is 2.00 bits per heavy atom. The second-order valence-electron chi connectivity index (χ2n) is 4.53. The Bertz CT molecular complexity index is 433. The lowest BCUT2D eigenvalue weighted by Gasteiger charge is -2.15. The van der Waals surface area contributed by atoms with Crippen LogP contribution in [0.2, 0.25) is 0 Å². The standard InChI is InChI=1S/C13H18F3NO2/c1-3-8(2)10-4-9(11(17)5-12(10)18)6-19-7-13(14,15)16/h4-5,8,18H,3,6-7,17H2,1-2H3. The third-order valence-corrected chi connectivity index (χ3v) is 2.96. The molecule has 108 valence electrons. The summed E-state index contributed by atoms with van der Waals surface area (Å²) in [6.45, 7) is 2.34. The summed E-state index contributed by atoms with van der Waals surface area (Å²) in [6, 6.07) is 2.96. The topological polar surface area (TPSA) is 55.5 Å². The molecular weight excluding hydrogens is 259 g/mol. The maximum atomic E-state index is 12.0. The summed E-state index contributed by atoms with van der Waals surface area (Å²) in [5.74, 6) is 0.161. The summed E-state index contributed by atoms with van der Waals surface area (Å²) in [6.07, 6.45) is -3.55. The van der Waals surface area contributed by atoms with Crippen molar-refractivity contribution < 1.29 is 23.0 Å². The van der Waals surface area contributed by atoms with Crippen molar-refractivity contribution >= 4 is 5.69 Å². The number of hydrogen-bond donors (Lipinski definition) is 2. The first-order valence-corrected chi connectivity index (χ1v) is 6.00. The van der Waals surface area contributed by atoms with E-state index >= 15 is 0 Å². The lowest BCUT2D eigenvalue weighted by molar-refractivity contribution is -0.176. The van der Waals surface area contributed by atoms with Crippen LogP contribution < -0.4 is 5.73 Å². The van der Waals surface area contributed by atoms with Gasteiger partial charge < -0.3 is 15.6 Å². The number of rotatable bonds is 5. The number of nitrogen functional groups attached to an aromatic ring is 1. The van der Waals surface area contributed by atoms with Gasteiger partial charge in [0.2, 0.25) is 0 Å². The summed E-state index contributed by atoms with van der Waals surface area (Å²) < 4.78 is 40.6. The molecular formula is C13H18F3NO2. The highest BCUT2D eigenvalue weighted by atomic mass is 19.4. The predicted octanol–water partition coefficient (Wildman–Crippen LogP) is 3.57. The Hall–Kier alpha value is -1.43. The SMILES string of the molecule is CCC(C)c1cc(COCC(F)(F)F)c(N)cc1O. The van der Waals surface area contributed by atoms with Crippen molar-refractivity contribution in [2.75, 3.05) is 12.3 Å². The quantitative estimate of drug-likeness (QED) is 0.809. The van der Waals surface area contributed by atoms with Crippen LogP contribution in [0, 0.1) is 0 Å². The minimum Gasteiger partial charge on any atom is -0.508 e. The summed E-state index contributed by atoms with van der Waals surface area (Å²) in [5, 5.41) is 9.77. The van der Waals surface area contributed by atoms with Gasteiger partial charge in [-0.15, -0.1) is 0 Å². The van der Waals surface area contributed by atoms with Crippen molar-refractivity contribution in [3.05, 3.63) is 23.3 Å². The highest BCUT2D eigenvalue weighted by molar-refractivity contribution is 5.55. The van der Waals surface area contributed by atoms with Gasteiger partial charge in [-0.1, -0.05) is 13.8 Å². The smallest absolute Gasteiger partial charge is 0.411 e. The molecule has 0 radical (unpaired) electrons. The fourth-order valence-corrected chi connectivity index (χ4v) is 1.68. The zero-order chi connectivity index (χ0) is 14.6. The van der Waals surface area contributed by atoms with Gasteiger partial charge in [-0.2, -0.15) is 13.2 Å². The Morgan fingerprint density at radius 1 is 1.37 bits per heavy atom. The molecule has 0 saturated heterocycles. The van der Waals surface area contributed by atoms with E-state index in [0.29, 0.717) is 11.1 Å².